The van der Waals surface area contributed by atoms with Crippen molar-refractivity contribution in [3.8, 4) is 11.6 Å². The largest absolute Gasteiger partial charge is 0.434 e. The minimum Gasteiger partial charge on any atom is -0.434 e. The topological polar surface area (TPSA) is 90.7 Å². The van der Waals surface area contributed by atoms with Gasteiger partial charge in [-0.3, -0.25) is 9.97 Å². The van der Waals surface area contributed by atoms with E-state index in [1.54, 1.807) is 24.7 Å². The lowest BCUT2D eigenvalue weighted by Crippen LogP contribution is -2.27. The maximum atomic E-state index is 5.85. The molecule has 0 atom stereocenters. The van der Waals surface area contributed by atoms with Crippen LogP contribution in [-0.4, -0.2) is 26.6 Å². The second-order valence-corrected chi connectivity index (χ2v) is 4.55. The minimum atomic E-state index is 0.262. The van der Waals surface area contributed by atoms with Crippen LogP contribution in [0.1, 0.15) is 0 Å². The molecule has 0 saturated heterocycles. The van der Waals surface area contributed by atoms with Crippen molar-refractivity contribution in [1.29, 1.82) is 0 Å². The third-order valence-electron chi connectivity index (χ3n) is 2.80. The molecule has 0 aromatic carbocycles. The van der Waals surface area contributed by atoms with E-state index >= 15 is 0 Å². The molecule has 3 aromatic heterocycles. The van der Waals surface area contributed by atoms with E-state index in [0.717, 1.165) is 5.59 Å². The van der Waals surface area contributed by atoms with Crippen LogP contribution in [0.15, 0.2) is 29.1 Å². The number of pyridine rings is 1. The number of anilines is 1. The molecule has 6 nitrogen and oxygen atoms in total. The summed E-state index contributed by atoms with van der Waals surface area (Å²) in [4.78, 5) is 17.0. The molecule has 0 aliphatic carbocycles. The third-order valence-corrected chi connectivity index (χ3v) is 2.80. The quantitative estimate of drug-likeness (QED) is 0.690. The summed E-state index contributed by atoms with van der Waals surface area (Å²) >= 11 is 0. The van der Waals surface area contributed by atoms with Gasteiger partial charge in [0.25, 0.3) is 0 Å². The Bertz CT molecular complexity index is 707. The molecule has 0 aliphatic heterocycles. The number of nitrogens with two attached hydrogens (primary N) is 1. The van der Waals surface area contributed by atoms with Crippen LogP contribution >= 0.6 is 0 Å². The molecule has 0 fully saturated rings. The number of rotatable bonds is 2. The van der Waals surface area contributed by atoms with Gasteiger partial charge in [-0.15, -0.1) is 0 Å². The predicted octanol–water partition coefficient (Wildman–Crippen LogP) is 1.22. The number of hydrogen-bond acceptors (Lipinski definition) is 6. The van der Waals surface area contributed by atoms with E-state index in [9.17, 15) is 0 Å². The number of nitrogens with zero attached hydrogens (tertiary/aromatic N) is 4. The number of nitrogen functional groups attached to an aromatic ring is 1. The van der Waals surface area contributed by atoms with E-state index in [1.165, 1.54) is 0 Å². The maximum absolute atomic E-state index is 5.85. The van der Waals surface area contributed by atoms with E-state index in [2.05, 4.69) is 19.9 Å². The molecule has 3 aromatic rings. The van der Waals surface area contributed by atoms with Crippen molar-refractivity contribution in [3.05, 3.63) is 24.7 Å². The van der Waals surface area contributed by atoms with Gasteiger partial charge in [0, 0.05) is 24.1 Å². The molecule has 0 radical (unpaired) electrons. The fraction of sp³-hybridized carbons (Fsp3) is 0.167. The van der Waals surface area contributed by atoms with Gasteiger partial charge in [-0.05, 0) is 0 Å². The second-order valence-electron chi connectivity index (χ2n) is 4.55. The number of fused-ring (bicyclic) bond motifs is 1. The van der Waals surface area contributed by atoms with Gasteiger partial charge in [-0.25, -0.2) is 9.97 Å². The lowest BCUT2D eigenvalue weighted by Gasteiger charge is -2.04. The molecule has 19 heavy (non-hydrogen) atoms. The number of hydrogen-bond donors (Lipinski definition) is 1. The highest BCUT2D eigenvalue weighted by Gasteiger charge is 2.16. The van der Waals surface area contributed by atoms with Crippen molar-refractivity contribution >= 4 is 29.2 Å². The Hall–Kier alpha value is -2.44. The molecule has 94 valence electrons. The van der Waals surface area contributed by atoms with Crippen LogP contribution in [0.4, 0.5) is 5.82 Å². The molecule has 7 heteroatoms. The van der Waals surface area contributed by atoms with Gasteiger partial charge >= 0.3 is 0 Å². The van der Waals surface area contributed by atoms with Crippen LogP contribution in [-0.2, 0) is 0 Å². The second kappa shape index (κ2) is 4.35. The molecule has 0 spiro atoms. The van der Waals surface area contributed by atoms with Gasteiger partial charge in [0.2, 0.25) is 5.89 Å². The minimum absolute atomic E-state index is 0.262. The first-order valence-electron chi connectivity index (χ1n) is 5.98. The van der Waals surface area contributed by atoms with Crippen molar-refractivity contribution in [2.45, 2.75) is 13.6 Å². The summed E-state index contributed by atoms with van der Waals surface area (Å²) < 4.78 is 5.64. The number of oxazole rings is 1. The maximum Gasteiger partial charge on any atom is 0.250 e. The summed E-state index contributed by atoms with van der Waals surface area (Å²) in [6.45, 7) is 4.35. The summed E-state index contributed by atoms with van der Waals surface area (Å²) in [5.41, 5.74) is 8.51. The zero-order valence-corrected chi connectivity index (χ0v) is 10.7. The Morgan fingerprint density at radius 1 is 1.21 bits per heavy atom. The molecule has 3 rings (SSSR count). The van der Waals surface area contributed by atoms with Crippen LogP contribution in [0.5, 0.6) is 0 Å². The fourth-order valence-corrected chi connectivity index (χ4v) is 1.73. The third kappa shape index (κ3) is 2.03. The summed E-state index contributed by atoms with van der Waals surface area (Å²) in [5, 5.41) is 0. The van der Waals surface area contributed by atoms with Crippen LogP contribution in [0, 0.1) is 0 Å². The van der Waals surface area contributed by atoms with Crippen LogP contribution < -0.4 is 11.3 Å². The van der Waals surface area contributed by atoms with Crippen molar-refractivity contribution < 1.29 is 4.42 Å². The Kier molecular flexibility index (Phi) is 2.66. The van der Waals surface area contributed by atoms with Crippen molar-refractivity contribution in [2.75, 3.05) is 5.73 Å². The van der Waals surface area contributed by atoms with E-state index in [1.807, 2.05) is 13.6 Å². The van der Waals surface area contributed by atoms with Crippen molar-refractivity contribution in [2.24, 2.45) is 0 Å². The SMILES string of the molecule is CB(C)c1cnc(N)c(-c2nc3cnccc3o2)n1. The van der Waals surface area contributed by atoms with Gasteiger partial charge < -0.3 is 10.2 Å². The Morgan fingerprint density at radius 2 is 2.05 bits per heavy atom. The van der Waals surface area contributed by atoms with Gasteiger partial charge in [-0.2, -0.15) is 0 Å². The van der Waals surface area contributed by atoms with E-state index < -0.39 is 0 Å². The molecule has 0 unspecified atom stereocenters. The van der Waals surface area contributed by atoms with Gasteiger partial charge in [0.15, 0.2) is 23.8 Å². The van der Waals surface area contributed by atoms with E-state index in [4.69, 9.17) is 10.2 Å². The zero-order valence-electron chi connectivity index (χ0n) is 10.7. The summed E-state index contributed by atoms with van der Waals surface area (Å²) in [7, 11) is 0. The average Bonchev–Trinajstić information content (AvgIpc) is 2.82. The fourth-order valence-electron chi connectivity index (χ4n) is 1.73. The highest BCUT2D eigenvalue weighted by molar-refractivity contribution is 6.69. The van der Waals surface area contributed by atoms with Gasteiger partial charge in [-0.1, -0.05) is 13.6 Å². The van der Waals surface area contributed by atoms with Crippen LogP contribution in [0.2, 0.25) is 13.6 Å². The Balaban J connectivity index is 2.17. The zero-order chi connectivity index (χ0) is 13.4. The van der Waals surface area contributed by atoms with Crippen LogP contribution in [0.3, 0.4) is 0 Å². The molecule has 0 aliphatic rings. The molecule has 0 bridgehead atoms. The predicted molar refractivity (Wildman–Crippen MR) is 74.4 cm³/mol. The Morgan fingerprint density at radius 3 is 2.79 bits per heavy atom. The number of aromatic nitrogens is 4. The average molecular weight is 253 g/mol. The molecule has 0 amide bonds. The smallest absolute Gasteiger partial charge is 0.250 e. The molecule has 2 N–H and O–H groups in total. The highest BCUT2D eigenvalue weighted by atomic mass is 16.3. The van der Waals surface area contributed by atoms with Crippen molar-refractivity contribution in [1.82, 2.24) is 19.9 Å². The summed E-state index contributed by atoms with van der Waals surface area (Å²) in [6.07, 6.45) is 4.96. The first kappa shape index (κ1) is 11.6. The summed E-state index contributed by atoms with van der Waals surface area (Å²) in [5.74, 6) is 0.680. The lowest BCUT2D eigenvalue weighted by atomic mass is 9.52. The molecule has 0 saturated carbocycles. The molecular formula is C12H12BN5O. The van der Waals surface area contributed by atoms with Crippen molar-refractivity contribution in [3.63, 3.8) is 0 Å². The van der Waals surface area contributed by atoms with E-state index in [-0.39, 0.29) is 6.71 Å². The lowest BCUT2D eigenvalue weighted by molar-refractivity contribution is 0.617. The van der Waals surface area contributed by atoms with Crippen LogP contribution in [0.25, 0.3) is 22.7 Å². The normalized spacial score (nSPS) is 10.8. The van der Waals surface area contributed by atoms with E-state index in [0.29, 0.717) is 28.5 Å². The first-order valence-corrected chi connectivity index (χ1v) is 5.98. The Labute approximate surface area is 110 Å². The first-order chi connectivity index (χ1) is 9.15. The van der Waals surface area contributed by atoms with Gasteiger partial charge in [0.1, 0.15) is 5.52 Å². The standard InChI is InChI=1S/C12H12BN5O/c1-13(2)9-6-16-11(14)10(18-9)12-17-7-5-15-4-3-8(7)19-12/h3-6H,1-2H3,(H2,14,16). The highest BCUT2D eigenvalue weighted by Crippen LogP contribution is 2.24. The monoisotopic (exact) mass is 253 g/mol. The molecular weight excluding hydrogens is 241 g/mol. The summed E-state index contributed by atoms with van der Waals surface area (Å²) in [6, 6.07) is 1.75. The molecule has 3 heterocycles. The van der Waals surface area contributed by atoms with Gasteiger partial charge in [0.05, 0.1) is 6.20 Å².